The van der Waals surface area contributed by atoms with E-state index in [4.69, 9.17) is 5.73 Å². The molecule has 1 aromatic rings. The number of hydrogen-bond donors (Lipinski definition) is 1. The molecule has 0 amide bonds. The first kappa shape index (κ1) is 16.3. The number of anilines is 1. The molecule has 102 valence electrons. The third-order valence-corrected chi connectivity index (χ3v) is 2.11. The SMILES string of the molecule is CC.COC(=O)c1cc(C)c(C(F)(F)F)cc1N. The smallest absolute Gasteiger partial charge is 0.416 e. The molecule has 0 heterocycles. The van der Waals surface area contributed by atoms with E-state index in [0.717, 1.165) is 19.2 Å². The zero-order chi connectivity index (χ0) is 14.5. The van der Waals surface area contributed by atoms with Crippen LogP contribution in [0, 0.1) is 6.92 Å². The van der Waals surface area contributed by atoms with Gasteiger partial charge in [-0.1, -0.05) is 13.8 Å². The van der Waals surface area contributed by atoms with Crippen molar-refractivity contribution in [3.8, 4) is 0 Å². The second kappa shape index (κ2) is 6.28. The minimum Gasteiger partial charge on any atom is -0.465 e. The minimum atomic E-state index is -4.48. The van der Waals surface area contributed by atoms with Crippen molar-refractivity contribution in [2.75, 3.05) is 12.8 Å². The van der Waals surface area contributed by atoms with Gasteiger partial charge in [-0.3, -0.25) is 0 Å². The fraction of sp³-hybridized carbons (Fsp3) is 0.417. The summed E-state index contributed by atoms with van der Waals surface area (Å²) in [6.45, 7) is 5.26. The number of esters is 1. The largest absolute Gasteiger partial charge is 0.465 e. The van der Waals surface area contributed by atoms with Crippen LogP contribution in [0.4, 0.5) is 18.9 Å². The molecule has 0 aromatic heterocycles. The molecule has 2 N–H and O–H groups in total. The number of benzene rings is 1. The first-order valence-electron chi connectivity index (χ1n) is 5.33. The van der Waals surface area contributed by atoms with Gasteiger partial charge < -0.3 is 10.5 Å². The number of aryl methyl sites for hydroxylation is 1. The predicted octanol–water partition coefficient (Wildman–Crippen LogP) is 3.41. The molecular formula is C12H16F3NO2. The van der Waals surface area contributed by atoms with Gasteiger partial charge in [0.1, 0.15) is 0 Å². The summed E-state index contributed by atoms with van der Waals surface area (Å²) in [6, 6.07) is 1.81. The molecule has 3 nitrogen and oxygen atoms in total. The standard InChI is InChI=1S/C10H10F3NO2.C2H6/c1-5-3-6(9(15)16-2)8(14)4-7(5)10(11,12)13;1-2/h3-4H,14H2,1-2H3;1-2H3. The number of hydrogen-bond acceptors (Lipinski definition) is 3. The van der Waals surface area contributed by atoms with Crippen molar-refractivity contribution < 1.29 is 22.7 Å². The number of alkyl halides is 3. The molecule has 6 heteroatoms. The molecule has 0 saturated heterocycles. The van der Waals surface area contributed by atoms with E-state index in [2.05, 4.69) is 4.74 Å². The van der Waals surface area contributed by atoms with Gasteiger partial charge in [0.25, 0.3) is 0 Å². The molecule has 0 aliphatic carbocycles. The van der Waals surface area contributed by atoms with Crippen molar-refractivity contribution in [2.24, 2.45) is 0 Å². The van der Waals surface area contributed by atoms with Gasteiger partial charge in [0, 0.05) is 5.69 Å². The maximum Gasteiger partial charge on any atom is 0.416 e. The Bertz CT molecular complexity index is 428. The number of nitrogen functional groups attached to an aromatic ring is 1. The van der Waals surface area contributed by atoms with Gasteiger partial charge in [0.15, 0.2) is 0 Å². The molecule has 0 aliphatic heterocycles. The highest BCUT2D eigenvalue weighted by atomic mass is 19.4. The van der Waals surface area contributed by atoms with Gasteiger partial charge >= 0.3 is 12.1 Å². The van der Waals surface area contributed by atoms with E-state index >= 15 is 0 Å². The van der Waals surface area contributed by atoms with Crippen LogP contribution < -0.4 is 5.73 Å². The number of carbonyl (C=O) groups is 1. The lowest BCUT2D eigenvalue weighted by Gasteiger charge is -2.13. The molecule has 1 rings (SSSR count). The van der Waals surface area contributed by atoms with Gasteiger partial charge in [-0.2, -0.15) is 13.2 Å². The van der Waals surface area contributed by atoms with E-state index in [1.54, 1.807) is 0 Å². The quantitative estimate of drug-likeness (QED) is 0.624. The van der Waals surface area contributed by atoms with E-state index in [0.29, 0.717) is 0 Å². The molecule has 0 aliphatic rings. The van der Waals surface area contributed by atoms with Crippen molar-refractivity contribution in [3.63, 3.8) is 0 Å². The third kappa shape index (κ3) is 3.65. The van der Waals surface area contributed by atoms with E-state index in [1.165, 1.54) is 6.92 Å². The summed E-state index contributed by atoms with van der Waals surface area (Å²) in [4.78, 5) is 11.2. The lowest BCUT2D eigenvalue weighted by molar-refractivity contribution is -0.138. The van der Waals surface area contributed by atoms with Crippen LogP contribution in [0.1, 0.15) is 35.3 Å². The van der Waals surface area contributed by atoms with E-state index in [1.807, 2.05) is 13.8 Å². The van der Waals surface area contributed by atoms with Crippen LogP contribution in [-0.4, -0.2) is 13.1 Å². The van der Waals surface area contributed by atoms with Crippen LogP contribution in [-0.2, 0) is 10.9 Å². The van der Waals surface area contributed by atoms with Crippen molar-refractivity contribution in [2.45, 2.75) is 26.9 Å². The highest BCUT2D eigenvalue weighted by molar-refractivity contribution is 5.95. The first-order valence-corrected chi connectivity index (χ1v) is 5.33. The zero-order valence-corrected chi connectivity index (χ0v) is 10.7. The Hall–Kier alpha value is -1.72. The zero-order valence-electron chi connectivity index (χ0n) is 10.7. The second-order valence-electron chi connectivity index (χ2n) is 3.24. The Morgan fingerprint density at radius 1 is 1.28 bits per heavy atom. The number of methoxy groups -OCH3 is 1. The van der Waals surface area contributed by atoms with Crippen molar-refractivity contribution in [1.82, 2.24) is 0 Å². The van der Waals surface area contributed by atoms with Gasteiger partial charge in [-0.25, -0.2) is 4.79 Å². The van der Waals surface area contributed by atoms with Crippen molar-refractivity contribution >= 4 is 11.7 Å². The maximum atomic E-state index is 12.5. The summed E-state index contributed by atoms with van der Waals surface area (Å²) in [6.07, 6.45) is -4.48. The highest BCUT2D eigenvalue weighted by Gasteiger charge is 2.33. The molecule has 0 bridgehead atoms. The van der Waals surface area contributed by atoms with Crippen LogP contribution in [0.3, 0.4) is 0 Å². The van der Waals surface area contributed by atoms with Crippen LogP contribution in [0.2, 0.25) is 0 Å². The predicted molar refractivity (Wildman–Crippen MR) is 63.3 cm³/mol. The Morgan fingerprint density at radius 3 is 2.17 bits per heavy atom. The number of nitrogens with two attached hydrogens (primary N) is 1. The van der Waals surface area contributed by atoms with Gasteiger partial charge in [-0.05, 0) is 24.6 Å². The van der Waals surface area contributed by atoms with Crippen LogP contribution in [0.25, 0.3) is 0 Å². The van der Waals surface area contributed by atoms with Crippen LogP contribution >= 0.6 is 0 Å². The summed E-state index contributed by atoms with van der Waals surface area (Å²) < 4.78 is 41.8. The average molecular weight is 263 g/mol. The maximum absolute atomic E-state index is 12.5. The Balaban J connectivity index is 0.00000137. The first-order chi connectivity index (χ1) is 8.27. The molecule has 0 radical (unpaired) electrons. The summed E-state index contributed by atoms with van der Waals surface area (Å²) in [7, 11) is 1.13. The Morgan fingerprint density at radius 2 is 1.78 bits per heavy atom. The summed E-state index contributed by atoms with van der Waals surface area (Å²) in [5.41, 5.74) is 4.14. The number of carbonyl (C=O) groups excluding carboxylic acids is 1. The molecule has 0 fully saturated rings. The van der Waals surface area contributed by atoms with Crippen molar-refractivity contribution in [1.29, 1.82) is 0 Å². The summed E-state index contributed by atoms with van der Waals surface area (Å²) >= 11 is 0. The molecule has 18 heavy (non-hydrogen) atoms. The average Bonchev–Trinajstić information content (AvgIpc) is 2.32. The lowest BCUT2D eigenvalue weighted by atomic mass is 10.0. The van der Waals surface area contributed by atoms with E-state index in [-0.39, 0.29) is 16.8 Å². The molecule has 0 unspecified atom stereocenters. The van der Waals surface area contributed by atoms with E-state index < -0.39 is 17.7 Å². The topological polar surface area (TPSA) is 52.3 Å². The fourth-order valence-electron chi connectivity index (χ4n) is 1.32. The number of halogens is 3. The van der Waals surface area contributed by atoms with E-state index in [9.17, 15) is 18.0 Å². The van der Waals surface area contributed by atoms with Crippen molar-refractivity contribution in [3.05, 3.63) is 28.8 Å². The summed E-state index contributed by atoms with van der Waals surface area (Å²) in [5.74, 6) is -0.755. The molecule has 0 atom stereocenters. The Kier molecular flexibility index (Phi) is 5.68. The second-order valence-corrected chi connectivity index (χ2v) is 3.24. The fourth-order valence-corrected chi connectivity index (χ4v) is 1.32. The third-order valence-electron chi connectivity index (χ3n) is 2.11. The summed E-state index contributed by atoms with van der Waals surface area (Å²) in [5, 5.41) is 0. The van der Waals surface area contributed by atoms with Gasteiger partial charge in [0.05, 0.1) is 18.2 Å². The molecule has 0 saturated carbocycles. The van der Waals surface area contributed by atoms with Gasteiger partial charge in [0.2, 0.25) is 0 Å². The van der Waals surface area contributed by atoms with Gasteiger partial charge in [-0.15, -0.1) is 0 Å². The molecular weight excluding hydrogens is 247 g/mol. The number of rotatable bonds is 1. The lowest BCUT2D eigenvalue weighted by Crippen LogP contribution is -2.12. The monoisotopic (exact) mass is 263 g/mol. The number of ether oxygens (including phenoxy) is 1. The highest BCUT2D eigenvalue weighted by Crippen LogP contribution is 2.34. The normalized spacial score (nSPS) is 10.4. The molecule has 1 aromatic carbocycles. The van der Waals surface area contributed by atoms with Crippen LogP contribution in [0.15, 0.2) is 12.1 Å². The van der Waals surface area contributed by atoms with Crippen LogP contribution in [0.5, 0.6) is 0 Å². The minimum absolute atomic E-state index is 0.0620. The Labute approximate surface area is 104 Å². The molecule has 0 spiro atoms.